The summed E-state index contributed by atoms with van der Waals surface area (Å²) in [6.45, 7) is 3.83. The molecule has 18 heavy (non-hydrogen) atoms. The molecule has 1 fully saturated rings. The summed E-state index contributed by atoms with van der Waals surface area (Å²) in [6, 6.07) is 8.46. The Morgan fingerprint density at radius 2 is 2.22 bits per heavy atom. The minimum absolute atomic E-state index is 0.335. The average Bonchev–Trinajstić information content (AvgIpc) is 2.82. The van der Waals surface area contributed by atoms with Crippen molar-refractivity contribution in [2.75, 3.05) is 13.1 Å². The summed E-state index contributed by atoms with van der Waals surface area (Å²) in [4.78, 5) is 5.51. The van der Waals surface area contributed by atoms with Crippen LogP contribution in [0.1, 0.15) is 24.3 Å². The fourth-order valence-electron chi connectivity index (χ4n) is 3.03. The van der Waals surface area contributed by atoms with E-state index in [0.29, 0.717) is 5.92 Å². The van der Waals surface area contributed by atoms with Crippen molar-refractivity contribution < 1.29 is 5.02 Å². The van der Waals surface area contributed by atoms with E-state index in [1.165, 1.54) is 22.9 Å². The maximum Gasteiger partial charge on any atom is 0.376 e. The van der Waals surface area contributed by atoms with Crippen LogP contribution in [0.25, 0.3) is 10.9 Å². The second kappa shape index (κ2) is 4.79. The van der Waals surface area contributed by atoms with Gasteiger partial charge in [0.2, 0.25) is 0 Å². The van der Waals surface area contributed by atoms with Gasteiger partial charge in [0.05, 0.1) is 0 Å². The first-order valence-corrected chi connectivity index (χ1v) is 6.74. The molecule has 0 spiro atoms. The largest absolute Gasteiger partial charge is 0.437 e. The van der Waals surface area contributed by atoms with Gasteiger partial charge in [0.1, 0.15) is 0 Å². The molecule has 2 N–H and O–H groups in total. The molecule has 1 atom stereocenters. The highest BCUT2D eigenvalue weighted by Crippen LogP contribution is 2.32. The Balaban J connectivity index is 1.90. The standard InChI is InChI=1S/C14H19BN2O/c1-15(18)17-8-4-5-11(10-17)13-9-16-14-7-3-2-6-12(13)14/h2-3,6-7,9,11,16,18H,4-5,8,10H2,1H3. The summed E-state index contributed by atoms with van der Waals surface area (Å²) in [7, 11) is -0.335. The third-order valence-electron chi connectivity index (χ3n) is 4.04. The van der Waals surface area contributed by atoms with Crippen LogP contribution < -0.4 is 0 Å². The number of H-pyrrole nitrogens is 1. The number of aromatic amines is 1. The summed E-state index contributed by atoms with van der Waals surface area (Å²) >= 11 is 0. The third-order valence-corrected chi connectivity index (χ3v) is 4.04. The van der Waals surface area contributed by atoms with Gasteiger partial charge in [0.25, 0.3) is 0 Å². The van der Waals surface area contributed by atoms with Gasteiger partial charge in [-0.05, 0) is 50.3 Å². The Morgan fingerprint density at radius 1 is 1.39 bits per heavy atom. The van der Waals surface area contributed by atoms with Gasteiger partial charge < -0.3 is 14.8 Å². The Morgan fingerprint density at radius 3 is 3.06 bits per heavy atom. The number of benzene rings is 1. The smallest absolute Gasteiger partial charge is 0.376 e. The normalized spacial score (nSPS) is 21.3. The number of aromatic nitrogens is 1. The zero-order valence-electron chi connectivity index (χ0n) is 10.8. The van der Waals surface area contributed by atoms with Gasteiger partial charge in [-0.25, -0.2) is 0 Å². The minimum atomic E-state index is -0.335. The molecule has 3 nitrogen and oxygen atoms in total. The molecule has 1 saturated heterocycles. The number of rotatable bonds is 2. The van der Waals surface area contributed by atoms with Crippen molar-refractivity contribution in [3.8, 4) is 0 Å². The maximum atomic E-state index is 9.72. The lowest BCUT2D eigenvalue weighted by Gasteiger charge is -2.33. The van der Waals surface area contributed by atoms with Crippen LogP contribution in [0.2, 0.25) is 6.82 Å². The number of piperidine rings is 1. The first-order chi connectivity index (χ1) is 8.75. The number of hydrogen-bond acceptors (Lipinski definition) is 2. The number of nitrogens with zero attached hydrogens (tertiary/aromatic N) is 1. The molecule has 0 saturated carbocycles. The van der Waals surface area contributed by atoms with E-state index in [4.69, 9.17) is 0 Å². The molecule has 3 rings (SSSR count). The molecule has 94 valence electrons. The van der Waals surface area contributed by atoms with E-state index in [2.05, 4.69) is 40.3 Å². The van der Waals surface area contributed by atoms with Crippen molar-refractivity contribution in [2.45, 2.75) is 25.6 Å². The quantitative estimate of drug-likeness (QED) is 0.794. The highest BCUT2D eigenvalue weighted by atomic mass is 16.2. The van der Waals surface area contributed by atoms with Crippen molar-refractivity contribution in [2.24, 2.45) is 0 Å². The van der Waals surface area contributed by atoms with Crippen molar-refractivity contribution in [3.63, 3.8) is 0 Å². The number of fused-ring (bicyclic) bond motifs is 1. The molecule has 1 unspecified atom stereocenters. The average molecular weight is 242 g/mol. The monoisotopic (exact) mass is 242 g/mol. The second-order valence-corrected chi connectivity index (χ2v) is 5.26. The molecular formula is C14H19BN2O. The minimum Gasteiger partial charge on any atom is -0.437 e. The summed E-state index contributed by atoms with van der Waals surface area (Å²) in [5, 5.41) is 11.1. The van der Waals surface area contributed by atoms with Crippen LogP contribution in [0.5, 0.6) is 0 Å². The van der Waals surface area contributed by atoms with Crippen LogP contribution in [-0.4, -0.2) is 35.0 Å². The number of para-hydroxylation sites is 1. The first kappa shape index (κ1) is 11.8. The molecule has 0 radical (unpaired) electrons. The Kier molecular flexibility index (Phi) is 3.14. The number of nitrogens with one attached hydrogen (secondary N) is 1. The molecule has 1 aliphatic rings. The molecule has 4 heteroatoms. The topological polar surface area (TPSA) is 39.3 Å². The highest BCUT2D eigenvalue weighted by Gasteiger charge is 2.26. The van der Waals surface area contributed by atoms with E-state index < -0.39 is 0 Å². The van der Waals surface area contributed by atoms with Crippen LogP contribution >= 0.6 is 0 Å². The van der Waals surface area contributed by atoms with Crippen molar-refractivity contribution >= 4 is 18.0 Å². The lowest BCUT2D eigenvalue weighted by atomic mass is 9.79. The van der Waals surface area contributed by atoms with E-state index in [1.54, 1.807) is 0 Å². The molecule has 2 heterocycles. The Hall–Kier alpha value is -1.26. The summed E-state index contributed by atoms with van der Waals surface area (Å²) in [6.07, 6.45) is 4.51. The second-order valence-electron chi connectivity index (χ2n) is 5.26. The van der Waals surface area contributed by atoms with E-state index in [9.17, 15) is 5.02 Å². The van der Waals surface area contributed by atoms with Gasteiger partial charge in [0.15, 0.2) is 0 Å². The fraction of sp³-hybridized carbons (Fsp3) is 0.429. The van der Waals surface area contributed by atoms with Gasteiger partial charge in [-0.1, -0.05) is 18.2 Å². The number of hydrogen-bond donors (Lipinski definition) is 2. The SMILES string of the molecule is CB(O)N1CCCC(c2c[nH]c3ccccc23)C1. The van der Waals surface area contributed by atoms with Crippen LogP contribution in [0.15, 0.2) is 30.5 Å². The summed E-state index contributed by atoms with van der Waals surface area (Å²) in [5.74, 6) is 0.532. The van der Waals surface area contributed by atoms with Crippen molar-refractivity contribution in [3.05, 3.63) is 36.0 Å². The van der Waals surface area contributed by atoms with Crippen LogP contribution in [0, 0.1) is 0 Å². The lowest BCUT2D eigenvalue weighted by Crippen LogP contribution is -2.43. The zero-order chi connectivity index (χ0) is 12.5. The molecule has 0 aliphatic carbocycles. The van der Waals surface area contributed by atoms with E-state index >= 15 is 0 Å². The van der Waals surface area contributed by atoms with Crippen LogP contribution in [0.4, 0.5) is 0 Å². The van der Waals surface area contributed by atoms with E-state index in [0.717, 1.165) is 19.5 Å². The van der Waals surface area contributed by atoms with Crippen molar-refractivity contribution in [1.29, 1.82) is 0 Å². The van der Waals surface area contributed by atoms with E-state index in [-0.39, 0.29) is 7.05 Å². The van der Waals surface area contributed by atoms with E-state index in [1.807, 2.05) is 6.82 Å². The zero-order valence-corrected chi connectivity index (χ0v) is 10.8. The fourth-order valence-corrected chi connectivity index (χ4v) is 3.03. The molecular weight excluding hydrogens is 223 g/mol. The predicted molar refractivity (Wildman–Crippen MR) is 75.7 cm³/mol. The summed E-state index contributed by atoms with van der Waals surface area (Å²) in [5.41, 5.74) is 2.61. The lowest BCUT2D eigenvalue weighted by molar-refractivity contribution is 0.286. The molecule has 1 aliphatic heterocycles. The van der Waals surface area contributed by atoms with Gasteiger partial charge in [-0.2, -0.15) is 0 Å². The van der Waals surface area contributed by atoms with Crippen LogP contribution in [0.3, 0.4) is 0 Å². The molecule has 0 amide bonds. The molecule has 1 aromatic heterocycles. The first-order valence-electron chi connectivity index (χ1n) is 6.74. The Labute approximate surface area is 108 Å². The molecule has 0 bridgehead atoms. The van der Waals surface area contributed by atoms with Gasteiger partial charge in [-0.3, -0.25) is 0 Å². The molecule has 1 aromatic carbocycles. The van der Waals surface area contributed by atoms with Gasteiger partial charge >= 0.3 is 7.05 Å². The van der Waals surface area contributed by atoms with Crippen molar-refractivity contribution in [1.82, 2.24) is 9.79 Å². The van der Waals surface area contributed by atoms with Gasteiger partial charge in [-0.15, -0.1) is 0 Å². The van der Waals surface area contributed by atoms with Crippen LogP contribution in [-0.2, 0) is 0 Å². The predicted octanol–water partition coefficient (Wildman–Crippen LogP) is 2.46. The Bertz CT molecular complexity index is 537. The highest BCUT2D eigenvalue weighted by molar-refractivity contribution is 6.45. The third kappa shape index (κ3) is 2.06. The summed E-state index contributed by atoms with van der Waals surface area (Å²) < 4.78 is 0. The molecule has 2 aromatic rings. The maximum absolute atomic E-state index is 9.72. The van der Waals surface area contributed by atoms with Gasteiger partial charge in [0, 0.05) is 17.1 Å².